The maximum atomic E-state index is 11.4. The molecule has 0 fully saturated rings. The monoisotopic (exact) mass is 389 g/mol. The Morgan fingerprint density at radius 1 is 1.07 bits per heavy atom. The first-order chi connectivity index (χ1) is 14.0. The summed E-state index contributed by atoms with van der Waals surface area (Å²) in [7, 11) is 0. The van der Waals surface area contributed by atoms with Crippen molar-refractivity contribution in [3.63, 3.8) is 0 Å². The molecule has 0 aliphatic carbocycles. The van der Waals surface area contributed by atoms with Gasteiger partial charge in [0, 0.05) is 35.6 Å². The summed E-state index contributed by atoms with van der Waals surface area (Å²) in [5, 5.41) is 0.779. The second-order valence-corrected chi connectivity index (χ2v) is 6.57. The number of hydrogen-bond donors (Lipinski definition) is 0. The van der Waals surface area contributed by atoms with Gasteiger partial charge in [0.25, 0.3) is 0 Å². The summed E-state index contributed by atoms with van der Waals surface area (Å²) in [5.74, 6) is 0.659. The van der Waals surface area contributed by atoms with E-state index >= 15 is 0 Å². The van der Waals surface area contributed by atoms with Gasteiger partial charge in [0.05, 0.1) is 11.6 Å². The lowest BCUT2D eigenvalue weighted by molar-refractivity contribution is -0.142. The largest absolute Gasteiger partial charge is 0.464 e. The fourth-order valence-corrected chi connectivity index (χ4v) is 3.22. The molecular formula is C22H19N3O4. The lowest BCUT2D eigenvalue weighted by Crippen LogP contribution is -2.03. The van der Waals surface area contributed by atoms with Gasteiger partial charge in [-0.25, -0.2) is 15.0 Å². The summed E-state index contributed by atoms with van der Waals surface area (Å²) in [4.78, 5) is 24.3. The molecule has 0 aliphatic rings. The van der Waals surface area contributed by atoms with Crippen LogP contribution in [0.1, 0.15) is 23.9 Å². The molecule has 0 radical (unpaired) electrons. The number of carbonyl (C=O) groups excluding carboxylic acids is 1. The highest BCUT2D eigenvalue weighted by atomic mass is 16.5. The van der Waals surface area contributed by atoms with Crippen LogP contribution in [0.15, 0.2) is 53.5 Å². The SMILES string of the molecule is CC(=O)OCc1cc(Oc2nccc3occc23)ccc1-c1c(C)ncnc1C. The number of pyridine rings is 1. The normalized spacial score (nSPS) is 10.9. The van der Waals surface area contributed by atoms with Gasteiger partial charge < -0.3 is 13.9 Å². The molecule has 0 unspecified atom stereocenters. The lowest BCUT2D eigenvalue weighted by Gasteiger charge is -2.15. The van der Waals surface area contributed by atoms with Crippen molar-refractivity contribution in [1.29, 1.82) is 0 Å². The molecule has 0 saturated carbocycles. The molecule has 7 nitrogen and oxygen atoms in total. The Morgan fingerprint density at radius 2 is 1.86 bits per heavy atom. The van der Waals surface area contributed by atoms with E-state index in [4.69, 9.17) is 13.9 Å². The quantitative estimate of drug-likeness (QED) is 0.455. The molecule has 4 aromatic rings. The number of esters is 1. The zero-order chi connectivity index (χ0) is 20.4. The first-order valence-corrected chi connectivity index (χ1v) is 9.08. The Bertz CT molecular complexity index is 1180. The lowest BCUT2D eigenvalue weighted by atomic mass is 9.97. The van der Waals surface area contributed by atoms with Crippen molar-refractivity contribution in [1.82, 2.24) is 15.0 Å². The van der Waals surface area contributed by atoms with Gasteiger partial charge >= 0.3 is 5.97 Å². The zero-order valence-corrected chi connectivity index (χ0v) is 16.3. The van der Waals surface area contributed by atoms with Gasteiger partial charge in [-0.3, -0.25) is 4.79 Å². The van der Waals surface area contributed by atoms with Crippen LogP contribution >= 0.6 is 0 Å². The number of carbonyl (C=O) groups is 1. The van der Waals surface area contributed by atoms with E-state index < -0.39 is 0 Å². The second-order valence-electron chi connectivity index (χ2n) is 6.57. The number of nitrogens with zero attached hydrogens (tertiary/aromatic N) is 3. The van der Waals surface area contributed by atoms with Crippen molar-refractivity contribution in [2.45, 2.75) is 27.4 Å². The van der Waals surface area contributed by atoms with Gasteiger partial charge in [0.2, 0.25) is 5.88 Å². The average Bonchev–Trinajstić information content (AvgIpc) is 3.17. The van der Waals surface area contributed by atoms with Crippen LogP contribution in [0.3, 0.4) is 0 Å². The third-order valence-corrected chi connectivity index (χ3v) is 4.56. The topological polar surface area (TPSA) is 87.3 Å². The summed E-state index contributed by atoms with van der Waals surface area (Å²) < 4.78 is 16.7. The van der Waals surface area contributed by atoms with E-state index in [1.165, 1.54) is 13.3 Å². The summed E-state index contributed by atoms with van der Waals surface area (Å²) in [6, 6.07) is 9.18. The van der Waals surface area contributed by atoms with Crippen LogP contribution in [0.4, 0.5) is 0 Å². The minimum atomic E-state index is -0.357. The number of aryl methyl sites for hydroxylation is 2. The molecule has 146 valence electrons. The number of hydrogen-bond acceptors (Lipinski definition) is 7. The predicted octanol–water partition coefficient (Wildman–Crippen LogP) is 4.76. The molecule has 0 N–H and O–H groups in total. The predicted molar refractivity (Wildman–Crippen MR) is 106 cm³/mol. The Labute approximate surface area is 167 Å². The first-order valence-electron chi connectivity index (χ1n) is 9.08. The fourth-order valence-electron chi connectivity index (χ4n) is 3.22. The van der Waals surface area contributed by atoms with Crippen molar-refractivity contribution < 1.29 is 18.7 Å². The van der Waals surface area contributed by atoms with Crippen LogP contribution in [0.25, 0.3) is 22.1 Å². The van der Waals surface area contributed by atoms with Crippen molar-refractivity contribution in [3.05, 3.63) is 66.1 Å². The van der Waals surface area contributed by atoms with Crippen LogP contribution in [-0.4, -0.2) is 20.9 Å². The molecule has 4 rings (SSSR count). The van der Waals surface area contributed by atoms with Crippen molar-refractivity contribution in [2.24, 2.45) is 0 Å². The number of rotatable bonds is 5. The maximum absolute atomic E-state index is 11.4. The van der Waals surface area contributed by atoms with Gasteiger partial charge in [-0.2, -0.15) is 0 Å². The minimum Gasteiger partial charge on any atom is -0.464 e. The Kier molecular flexibility index (Phi) is 4.95. The molecular weight excluding hydrogens is 370 g/mol. The summed E-state index contributed by atoms with van der Waals surface area (Å²) >= 11 is 0. The standard InChI is InChI=1S/C22H19N3O4/c1-13-21(14(2)25-12-24-13)18-5-4-17(10-16(18)11-28-15(3)26)29-22-19-7-9-27-20(19)6-8-23-22/h4-10,12H,11H2,1-3H3. The van der Waals surface area contributed by atoms with Gasteiger partial charge in [0.1, 0.15) is 24.3 Å². The Morgan fingerprint density at radius 3 is 2.62 bits per heavy atom. The third-order valence-electron chi connectivity index (χ3n) is 4.56. The summed E-state index contributed by atoms with van der Waals surface area (Å²) in [6.45, 7) is 5.34. The van der Waals surface area contributed by atoms with Crippen LogP contribution in [0.2, 0.25) is 0 Å². The van der Waals surface area contributed by atoms with Crippen molar-refractivity contribution in [2.75, 3.05) is 0 Å². The molecule has 1 aromatic carbocycles. The van der Waals surface area contributed by atoms with Gasteiger partial charge in [0.15, 0.2) is 0 Å². The van der Waals surface area contributed by atoms with Crippen LogP contribution < -0.4 is 4.74 Å². The van der Waals surface area contributed by atoms with E-state index in [2.05, 4.69) is 15.0 Å². The van der Waals surface area contributed by atoms with E-state index in [1.54, 1.807) is 24.6 Å². The smallest absolute Gasteiger partial charge is 0.302 e. The summed E-state index contributed by atoms with van der Waals surface area (Å²) in [5.41, 5.74) is 4.98. The highest BCUT2D eigenvalue weighted by molar-refractivity contribution is 5.82. The minimum absolute atomic E-state index is 0.110. The summed E-state index contributed by atoms with van der Waals surface area (Å²) in [6.07, 6.45) is 4.76. The number of aromatic nitrogens is 3. The molecule has 0 atom stereocenters. The van der Waals surface area contributed by atoms with Crippen molar-refractivity contribution in [3.8, 4) is 22.8 Å². The first kappa shape index (κ1) is 18.6. The molecule has 0 saturated heterocycles. The molecule has 3 aromatic heterocycles. The molecule has 0 aliphatic heterocycles. The third kappa shape index (κ3) is 3.80. The number of furan rings is 1. The van der Waals surface area contributed by atoms with E-state index in [-0.39, 0.29) is 12.6 Å². The maximum Gasteiger partial charge on any atom is 0.302 e. The fraction of sp³-hybridized carbons (Fsp3) is 0.182. The highest BCUT2D eigenvalue weighted by Gasteiger charge is 2.15. The Balaban J connectivity index is 1.76. The number of ether oxygens (including phenoxy) is 2. The Hall–Kier alpha value is -3.74. The number of benzene rings is 1. The second kappa shape index (κ2) is 7.71. The van der Waals surface area contributed by atoms with E-state index in [1.807, 2.05) is 32.0 Å². The van der Waals surface area contributed by atoms with E-state index in [0.29, 0.717) is 17.2 Å². The molecule has 0 bridgehead atoms. The molecule has 0 spiro atoms. The molecule has 0 amide bonds. The van der Waals surface area contributed by atoms with Crippen molar-refractivity contribution >= 4 is 16.9 Å². The molecule has 3 heterocycles. The average molecular weight is 389 g/mol. The van der Waals surface area contributed by atoms with Crippen LogP contribution in [0.5, 0.6) is 11.6 Å². The number of fused-ring (bicyclic) bond motifs is 1. The molecule has 7 heteroatoms. The van der Waals surface area contributed by atoms with E-state index in [9.17, 15) is 4.79 Å². The van der Waals surface area contributed by atoms with Gasteiger partial charge in [-0.15, -0.1) is 0 Å². The van der Waals surface area contributed by atoms with Crippen LogP contribution in [-0.2, 0) is 16.1 Å². The van der Waals surface area contributed by atoms with Crippen LogP contribution in [0, 0.1) is 13.8 Å². The zero-order valence-electron chi connectivity index (χ0n) is 16.3. The van der Waals surface area contributed by atoms with Gasteiger partial charge in [-0.1, -0.05) is 6.07 Å². The van der Waals surface area contributed by atoms with Gasteiger partial charge in [-0.05, 0) is 43.7 Å². The highest BCUT2D eigenvalue weighted by Crippen LogP contribution is 2.34. The van der Waals surface area contributed by atoms with E-state index in [0.717, 1.165) is 33.5 Å². The molecule has 29 heavy (non-hydrogen) atoms.